The Morgan fingerprint density at radius 3 is 2.35 bits per heavy atom. The SMILES string of the molecule is CC1=CCC(C2CC(C)C(C)C(O)C2)C1(C)C. The highest BCUT2D eigenvalue weighted by Gasteiger charge is 2.43. The number of allylic oxidation sites excluding steroid dienone is 2. The van der Waals surface area contributed by atoms with Crippen LogP contribution in [0.15, 0.2) is 11.6 Å². The minimum absolute atomic E-state index is 0.0829. The van der Waals surface area contributed by atoms with Crippen molar-refractivity contribution in [3.05, 3.63) is 11.6 Å². The molecule has 17 heavy (non-hydrogen) atoms. The molecule has 0 bridgehead atoms. The van der Waals surface area contributed by atoms with Gasteiger partial charge in [0.1, 0.15) is 0 Å². The first kappa shape index (κ1) is 13.1. The first-order chi connectivity index (χ1) is 7.84. The number of hydrogen-bond acceptors (Lipinski definition) is 1. The Hall–Kier alpha value is -0.300. The summed E-state index contributed by atoms with van der Waals surface area (Å²) in [6.45, 7) is 11.5. The van der Waals surface area contributed by atoms with E-state index in [0.29, 0.717) is 23.2 Å². The maximum Gasteiger partial charge on any atom is 0.0571 e. The van der Waals surface area contributed by atoms with Crippen LogP contribution in [0.2, 0.25) is 0 Å². The molecule has 0 aliphatic heterocycles. The third-order valence-electron chi connectivity index (χ3n) is 5.91. The molecule has 1 N–H and O–H groups in total. The van der Waals surface area contributed by atoms with Gasteiger partial charge in [-0.3, -0.25) is 0 Å². The molecule has 0 saturated heterocycles. The monoisotopic (exact) mass is 236 g/mol. The molecule has 0 aromatic rings. The van der Waals surface area contributed by atoms with Crippen LogP contribution in [0, 0.1) is 29.1 Å². The van der Waals surface area contributed by atoms with Gasteiger partial charge in [-0.05, 0) is 55.3 Å². The second kappa shape index (κ2) is 4.42. The van der Waals surface area contributed by atoms with Crippen LogP contribution in [0.4, 0.5) is 0 Å². The molecule has 2 rings (SSSR count). The standard InChI is InChI=1S/C16H28O/c1-10-8-13(9-15(17)12(10)3)14-7-6-11(2)16(14,4)5/h6,10,12-15,17H,7-9H2,1-5H3. The minimum atomic E-state index is -0.0829. The minimum Gasteiger partial charge on any atom is -0.393 e. The fourth-order valence-corrected chi connectivity index (χ4v) is 3.96. The fraction of sp³-hybridized carbons (Fsp3) is 0.875. The quantitative estimate of drug-likeness (QED) is 0.682. The van der Waals surface area contributed by atoms with Gasteiger partial charge in [-0.2, -0.15) is 0 Å². The van der Waals surface area contributed by atoms with Crippen molar-refractivity contribution in [1.29, 1.82) is 0 Å². The van der Waals surface area contributed by atoms with Crippen molar-refractivity contribution in [2.75, 3.05) is 0 Å². The Kier molecular flexibility index (Phi) is 3.42. The van der Waals surface area contributed by atoms with Crippen molar-refractivity contribution in [2.24, 2.45) is 29.1 Å². The number of hydrogen-bond donors (Lipinski definition) is 1. The Morgan fingerprint density at radius 1 is 1.24 bits per heavy atom. The van der Waals surface area contributed by atoms with Crippen molar-refractivity contribution in [3.63, 3.8) is 0 Å². The molecule has 0 spiro atoms. The van der Waals surface area contributed by atoms with E-state index in [1.807, 2.05) is 0 Å². The first-order valence-corrected chi connectivity index (χ1v) is 7.19. The van der Waals surface area contributed by atoms with Crippen LogP contribution in [-0.2, 0) is 0 Å². The second-order valence-corrected chi connectivity index (χ2v) is 7.09. The van der Waals surface area contributed by atoms with E-state index >= 15 is 0 Å². The molecule has 0 radical (unpaired) electrons. The Labute approximate surface area is 106 Å². The lowest BCUT2D eigenvalue weighted by Crippen LogP contribution is -2.39. The average Bonchev–Trinajstić information content (AvgIpc) is 2.50. The Morgan fingerprint density at radius 2 is 1.88 bits per heavy atom. The predicted octanol–water partition coefficient (Wildman–Crippen LogP) is 4.02. The highest BCUT2D eigenvalue weighted by atomic mass is 16.3. The molecule has 0 heterocycles. The largest absolute Gasteiger partial charge is 0.393 e. The van der Waals surface area contributed by atoms with E-state index in [2.05, 4.69) is 40.7 Å². The smallest absolute Gasteiger partial charge is 0.0571 e. The van der Waals surface area contributed by atoms with Crippen molar-refractivity contribution < 1.29 is 5.11 Å². The molecule has 5 unspecified atom stereocenters. The molecule has 2 aliphatic rings. The van der Waals surface area contributed by atoms with Crippen LogP contribution in [0.3, 0.4) is 0 Å². The maximum absolute atomic E-state index is 10.2. The van der Waals surface area contributed by atoms with Gasteiger partial charge in [-0.1, -0.05) is 39.3 Å². The summed E-state index contributed by atoms with van der Waals surface area (Å²) >= 11 is 0. The highest BCUT2D eigenvalue weighted by molar-refractivity contribution is 5.19. The lowest BCUT2D eigenvalue weighted by Gasteiger charge is -2.43. The average molecular weight is 236 g/mol. The fourth-order valence-electron chi connectivity index (χ4n) is 3.96. The van der Waals surface area contributed by atoms with Gasteiger partial charge in [0.2, 0.25) is 0 Å². The molecule has 2 aliphatic carbocycles. The number of rotatable bonds is 1. The zero-order valence-electron chi connectivity index (χ0n) is 12.0. The van der Waals surface area contributed by atoms with E-state index in [4.69, 9.17) is 0 Å². The molecule has 1 nitrogen and oxygen atoms in total. The molecular formula is C16H28O. The number of aliphatic hydroxyl groups excluding tert-OH is 1. The van der Waals surface area contributed by atoms with Crippen molar-refractivity contribution in [2.45, 2.75) is 60.0 Å². The summed E-state index contributed by atoms with van der Waals surface area (Å²) in [6, 6.07) is 0. The van der Waals surface area contributed by atoms with Gasteiger partial charge in [0.15, 0.2) is 0 Å². The summed E-state index contributed by atoms with van der Waals surface area (Å²) in [7, 11) is 0. The normalized spacial score (nSPS) is 45.8. The highest BCUT2D eigenvalue weighted by Crippen LogP contribution is 2.51. The summed E-state index contributed by atoms with van der Waals surface area (Å²) in [5.74, 6) is 2.59. The molecule has 0 amide bonds. The summed E-state index contributed by atoms with van der Waals surface area (Å²) in [4.78, 5) is 0. The van der Waals surface area contributed by atoms with Gasteiger partial charge in [0.25, 0.3) is 0 Å². The maximum atomic E-state index is 10.2. The zero-order valence-corrected chi connectivity index (χ0v) is 12.0. The van der Waals surface area contributed by atoms with Crippen molar-refractivity contribution in [3.8, 4) is 0 Å². The molecule has 0 aromatic carbocycles. The van der Waals surface area contributed by atoms with E-state index in [1.54, 1.807) is 5.57 Å². The van der Waals surface area contributed by atoms with E-state index in [1.165, 1.54) is 12.8 Å². The van der Waals surface area contributed by atoms with E-state index < -0.39 is 0 Å². The van der Waals surface area contributed by atoms with Crippen LogP contribution < -0.4 is 0 Å². The van der Waals surface area contributed by atoms with Gasteiger partial charge in [0, 0.05) is 0 Å². The summed E-state index contributed by atoms with van der Waals surface area (Å²) in [5.41, 5.74) is 1.88. The molecule has 98 valence electrons. The Balaban J connectivity index is 2.10. The predicted molar refractivity (Wildman–Crippen MR) is 72.7 cm³/mol. The van der Waals surface area contributed by atoms with Gasteiger partial charge in [-0.15, -0.1) is 0 Å². The van der Waals surface area contributed by atoms with Crippen molar-refractivity contribution in [1.82, 2.24) is 0 Å². The van der Waals surface area contributed by atoms with Gasteiger partial charge >= 0.3 is 0 Å². The van der Waals surface area contributed by atoms with Crippen LogP contribution in [0.25, 0.3) is 0 Å². The van der Waals surface area contributed by atoms with E-state index in [-0.39, 0.29) is 6.10 Å². The summed E-state index contributed by atoms with van der Waals surface area (Å²) in [6.07, 6.45) is 5.87. The zero-order chi connectivity index (χ0) is 12.8. The van der Waals surface area contributed by atoms with E-state index in [0.717, 1.165) is 12.3 Å². The molecule has 1 saturated carbocycles. The van der Waals surface area contributed by atoms with Crippen molar-refractivity contribution >= 4 is 0 Å². The first-order valence-electron chi connectivity index (χ1n) is 7.19. The molecular weight excluding hydrogens is 208 g/mol. The summed E-state index contributed by atoms with van der Waals surface area (Å²) < 4.78 is 0. The van der Waals surface area contributed by atoms with Crippen LogP contribution >= 0.6 is 0 Å². The van der Waals surface area contributed by atoms with E-state index in [9.17, 15) is 5.11 Å². The molecule has 5 atom stereocenters. The lowest BCUT2D eigenvalue weighted by molar-refractivity contribution is -0.00751. The Bertz CT molecular complexity index is 303. The summed E-state index contributed by atoms with van der Waals surface area (Å²) in [5, 5.41) is 10.2. The molecule has 1 heteroatoms. The van der Waals surface area contributed by atoms with Gasteiger partial charge in [-0.25, -0.2) is 0 Å². The van der Waals surface area contributed by atoms with Crippen LogP contribution in [0.1, 0.15) is 53.9 Å². The van der Waals surface area contributed by atoms with Gasteiger partial charge < -0.3 is 5.11 Å². The topological polar surface area (TPSA) is 20.2 Å². The third-order valence-corrected chi connectivity index (χ3v) is 5.91. The number of aliphatic hydroxyl groups is 1. The third kappa shape index (κ3) is 2.19. The van der Waals surface area contributed by atoms with Crippen LogP contribution in [0.5, 0.6) is 0 Å². The molecule has 1 fully saturated rings. The second-order valence-electron chi connectivity index (χ2n) is 7.09. The van der Waals surface area contributed by atoms with Crippen LogP contribution in [-0.4, -0.2) is 11.2 Å². The lowest BCUT2D eigenvalue weighted by atomic mass is 9.63. The van der Waals surface area contributed by atoms with Gasteiger partial charge in [0.05, 0.1) is 6.10 Å². The molecule has 0 aromatic heterocycles.